The Kier molecular flexibility index (Phi) is 7.97. The highest BCUT2D eigenvalue weighted by Crippen LogP contribution is 2.46. The lowest BCUT2D eigenvalue weighted by Gasteiger charge is -2.49. The molecule has 3 aromatic rings. The zero-order valence-corrected chi connectivity index (χ0v) is 23.0. The molecule has 1 saturated carbocycles. The first-order chi connectivity index (χ1) is 18.7. The van der Waals surface area contributed by atoms with Gasteiger partial charge in [0.1, 0.15) is 0 Å². The molecule has 0 radical (unpaired) electrons. The molecule has 0 spiro atoms. The predicted molar refractivity (Wildman–Crippen MR) is 147 cm³/mol. The highest BCUT2D eigenvalue weighted by atomic mass is 35.5. The first-order valence-electron chi connectivity index (χ1n) is 12.9. The molecular weight excluding hydrogens is 538 g/mol. The van der Waals surface area contributed by atoms with Crippen molar-refractivity contribution in [2.24, 2.45) is 0 Å². The second-order valence-electron chi connectivity index (χ2n) is 10.0. The van der Waals surface area contributed by atoms with Crippen LogP contribution in [0.3, 0.4) is 0 Å². The summed E-state index contributed by atoms with van der Waals surface area (Å²) in [4.78, 5) is 38.2. The van der Waals surface area contributed by atoms with Crippen molar-refractivity contribution < 1.29 is 18.0 Å². The fourth-order valence-electron chi connectivity index (χ4n) is 5.78. The number of fused-ring (bicyclic) bond motifs is 1. The van der Waals surface area contributed by atoms with Gasteiger partial charge in [-0.25, -0.2) is 13.1 Å². The van der Waals surface area contributed by atoms with Gasteiger partial charge in [-0.2, -0.15) is 0 Å². The third-order valence-electron chi connectivity index (χ3n) is 7.38. The van der Waals surface area contributed by atoms with Crippen LogP contribution in [0.2, 0.25) is 5.02 Å². The molecule has 9 nitrogen and oxygen atoms in total. The molecule has 1 fully saturated rings. The normalized spacial score (nSPS) is 23.2. The predicted octanol–water partition coefficient (Wildman–Crippen LogP) is 3.59. The monoisotopic (exact) mass is 567 g/mol. The van der Waals surface area contributed by atoms with Crippen LogP contribution in [0, 0.1) is 0 Å². The zero-order chi connectivity index (χ0) is 27.6. The SMILES string of the molecule is CS(=O)(=O)N[C@H]1CCCCC1N1C(=O)c2ccccc2[C@@H](C(=O)NCc2cnccn2)[C@@H]1c1ccc(Cl)cc1. The summed E-state index contributed by atoms with van der Waals surface area (Å²) in [7, 11) is -3.53. The number of hydrogen-bond acceptors (Lipinski definition) is 6. The second-order valence-corrected chi connectivity index (χ2v) is 12.3. The number of carbonyl (C=O) groups excluding carboxylic acids is 2. The molecule has 204 valence electrons. The van der Waals surface area contributed by atoms with Gasteiger partial charge in [0.2, 0.25) is 15.9 Å². The molecule has 1 aliphatic carbocycles. The number of nitrogens with zero attached hydrogens (tertiary/aromatic N) is 3. The van der Waals surface area contributed by atoms with E-state index in [1.807, 2.05) is 24.3 Å². The lowest BCUT2D eigenvalue weighted by molar-refractivity contribution is -0.124. The summed E-state index contributed by atoms with van der Waals surface area (Å²) >= 11 is 6.21. The molecule has 2 N–H and O–H groups in total. The van der Waals surface area contributed by atoms with E-state index in [1.54, 1.807) is 47.8 Å². The van der Waals surface area contributed by atoms with Gasteiger partial charge in [0.15, 0.2) is 0 Å². The van der Waals surface area contributed by atoms with E-state index < -0.39 is 34.1 Å². The Morgan fingerprint density at radius 1 is 1.08 bits per heavy atom. The van der Waals surface area contributed by atoms with Crippen LogP contribution in [-0.2, 0) is 21.4 Å². The van der Waals surface area contributed by atoms with E-state index in [4.69, 9.17) is 11.6 Å². The van der Waals surface area contributed by atoms with Crippen LogP contribution in [0.15, 0.2) is 67.1 Å². The van der Waals surface area contributed by atoms with Crippen LogP contribution in [0.5, 0.6) is 0 Å². The molecule has 2 amide bonds. The number of rotatable bonds is 7. The van der Waals surface area contributed by atoms with E-state index in [2.05, 4.69) is 20.0 Å². The van der Waals surface area contributed by atoms with Crippen molar-refractivity contribution in [2.45, 2.75) is 56.3 Å². The molecule has 5 rings (SSSR count). The van der Waals surface area contributed by atoms with Crippen LogP contribution in [0.25, 0.3) is 0 Å². The van der Waals surface area contributed by atoms with Crippen molar-refractivity contribution in [1.29, 1.82) is 0 Å². The number of hydrogen-bond donors (Lipinski definition) is 2. The third kappa shape index (κ3) is 5.98. The van der Waals surface area contributed by atoms with E-state index >= 15 is 0 Å². The highest BCUT2D eigenvalue weighted by Gasteiger charge is 2.48. The molecular formula is C28H30ClN5O4S. The standard InChI is InChI=1S/C28H30ClN5O4S/c1-39(37,38)33-23-8-4-5-9-24(23)34-26(18-10-12-19(29)13-11-18)25(21-6-2-3-7-22(21)28(34)36)27(35)32-17-20-16-30-14-15-31-20/h2-3,6-7,10-16,23-26,33H,4-5,8-9,17H2,1H3,(H,32,35)/t23-,24?,25+,26-/m0/s1. The first kappa shape index (κ1) is 27.2. The molecule has 1 aromatic heterocycles. The third-order valence-corrected chi connectivity index (χ3v) is 8.37. The summed E-state index contributed by atoms with van der Waals surface area (Å²) in [6, 6.07) is 12.7. The van der Waals surface area contributed by atoms with E-state index in [0.717, 1.165) is 24.7 Å². The van der Waals surface area contributed by atoms with Gasteiger partial charge in [-0.15, -0.1) is 0 Å². The highest BCUT2D eigenvalue weighted by molar-refractivity contribution is 7.88. The molecule has 2 heterocycles. The van der Waals surface area contributed by atoms with Crippen molar-refractivity contribution in [3.63, 3.8) is 0 Å². The largest absolute Gasteiger partial charge is 0.350 e. The number of benzene rings is 2. The molecule has 11 heteroatoms. The molecule has 2 aliphatic rings. The van der Waals surface area contributed by atoms with Crippen molar-refractivity contribution in [3.05, 3.63) is 94.5 Å². The molecule has 1 unspecified atom stereocenters. The summed E-state index contributed by atoms with van der Waals surface area (Å²) in [5.74, 6) is -1.25. The summed E-state index contributed by atoms with van der Waals surface area (Å²) in [5.41, 5.74) is 2.41. The Labute approximate surface area is 233 Å². The molecule has 2 aromatic carbocycles. The summed E-state index contributed by atoms with van der Waals surface area (Å²) in [6.45, 7) is 0.175. The maximum Gasteiger partial charge on any atom is 0.255 e. The minimum Gasteiger partial charge on any atom is -0.350 e. The Hall–Kier alpha value is -3.34. The number of nitrogens with one attached hydrogen (secondary N) is 2. The fourth-order valence-corrected chi connectivity index (χ4v) is 6.73. The van der Waals surface area contributed by atoms with Crippen LogP contribution < -0.4 is 10.0 Å². The van der Waals surface area contributed by atoms with E-state index in [-0.39, 0.29) is 18.4 Å². The lowest BCUT2D eigenvalue weighted by Crippen LogP contribution is -2.59. The molecule has 0 bridgehead atoms. The summed E-state index contributed by atoms with van der Waals surface area (Å²) in [6.07, 6.45) is 8.74. The minimum absolute atomic E-state index is 0.175. The van der Waals surface area contributed by atoms with Crippen LogP contribution in [-0.4, -0.2) is 53.4 Å². The van der Waals surface area contributed by atoms with Gasteiger partial charge in [0.05, 0.1) is 36.7 Å². The Morgan fingerprint density at radius 3 is 2.54 bits per heavy atom. The van der Waals surface area contributed by atoms with Crippen molar-refractivity contribution >= 4 is 33.4 Å². The fraction of sp³-hybridized carbons (Fsp3) is 0.357. The number of carbonyl (C=O) groups is 2. The maximum absolute atomic E-state index is 14.2. The Bertz CT molecular complexity index is 1450. The van der Waals surface area contributed by atoms with Crippen LogP contribution in [0.1, 0.15) is 64.8 Å². The minimum atomic E-state index is -3.53. The maximum atomic E-state index is 14.2. The zero-order valence-electron chi connectivity index (χ0n) is 21.5. The second kappa shape index (κ2) is 11.4. The smallest absolute Gasteiger partial charge is 0.255 e. The van der Waals surface area contributed by atoms with E-state index in [1.165, 1.54) is 0 Å². The average Bonchev–Trinajstić information content (AvgIpc) is 2.92. The van der Waals surface area contributed by atoms with Gasteiger partial charge in [-0.3, -0.25) is 19.6 Å². The van der Waals surface area contributed by atoms with Gasteiger partial charge in [0, 0.05) is 35.1 Å². The van der Waals surface area contributed by atoms with E-state index in [9.17, 15) is 18.0 Å². The molecule has 4 atom stereocenters. The number of aromatic nitrogens is 2. The van der Waals surface area contributed by atoms with Gasteiger partial charge >= 0.3 is 0 Å². The van der Waals surface area contributed by atoms with Gasteiger partial charge in [0.25, 0.3) is 5.91 Å². The number of halogens is 1. The quantitative estimate of drug-likeness (QED) is 0.450. The van der Waals surface area contributed by atoms with E-state index in [0.29, 0.717) is 34.7 Å². The Balaban J connectivity index is 1.62. The van der Waals surface area contributed by atoms with Crippen molar-refractivity contribution in [3.8, 4) is 0 Å². The van der Waals surface area contributed by atoms with Gasteiger partial charge in [-0.1, -0.05) is 54.8 Å². The topological polar surface area (TPSA) is 121 Å². The lowest BCUT2D eigenvalue weighted by atomic mass is 9.76. The number of amides is 2. The number of sulfonamides is 1. The van der Waals surface area contributed by atoms with Crippen molar-refractivity contribution in [2.75, 3.05) is 6.26 Å². The molecule has 1 aliphatic heterocycles. The summed E-state index contributed by atoms with van der Waals surface area (Å²) < 4.78 is 27.3. The first-order valence-corrected chi connectivity index (χ1v) is 15.2. The van der Waals surface area contributed by atoms with Crippen molar-refractivity contribution in [1.82, 2.24) is 24.9 Å². The van der Waals surface area contributed by atoms with Gasteiger partial charge in [-0.05, 0) is 42.2 Å². The average molecular weight is 568 g/mol. The van der Waals surface area contributed by atoms with Gasteiger partial charge < -0.3 is 10.2 Å². The van der Waals surface area contributed by atoms with Crippen LogP contribution in [0.4, 0.5) is 0 Å². The molecule has 0 saturated heterocycles. The van der Waals surface area contributed by atoms with Crippen LogP contribution >= 0.6 is 11.6 Å². The Morgan fingerprint density at radius 2 is 1.82 bits per heavy atom. The molecule has 39 heavy (non-hydrogen) atoms. The summed E-state index contributed by atoms with van der Waals surface area (Å²) in [5, 5.41) is 3.52.